The van der Waals surface area contributed by atoms with E-state index < -0.39 is 5.41 Å². The maximum Gasteiger partial charge on any atom is 0.312 e. The lowest BCUT2D eigenvalue weighted by molar-refractivity contribution is -0.160. The Hall–Kier alpha value is -1.06. The van der Waals surface area contributed by atoms with Gasteiger partial charge in [-0.3, -0.25) is 9.59 Å². The molecule has 0 fully saturated rings. The van der Waals surface area contributed by atoms with Crippen molar-refractivity contribution in [2.45, 2.75) is 72.6 Å². The molecule has 118 valence electrons. The van der Waals surface area contributed by atoms with Gasteiger partial charge in [0.25, 0.3) is 0 Å². The van der Waals surface area contributed by atoms with Crippen molar-refractivity contribution >= 4 is 11.9 Å². The fraction of sp³-hybridized carbons (Fsp3) is 0.875. The van der Waals surface area contributed by atoms with Crippen LogP contribution in [0.4, 0.5) is 0 Å². The molecule has 20 heavy (non-hydrogen) atoms. The molecule has 0 aromatic heterocycles. The van der Waals surface area contributed by atoms with Gasteiger partial charge >= 0.3 is 11.9 Å². The van der Waals surface area contributed by atoms with Gasteiger partial charge in [-0.05, 0) is 26.7 Å². The minimum atomic E-state index is -0.811. The molecule has 4 nitrogen and oxygen atoms in total. The van der Waals surface area contributed by atoms with E-state index in [1.165, 1.54) is 0 Å². The second kappa shape index (κ2) is 10.7. The molecule has 0 unspecified atom stereocenters. The highest BCUT2D eigenvalue weighted by Crippen LogP contribution is 2.23. The molecule has 0 aromatic rings. The van der Waals surface area contributed by atoms with Crippen LogP contribution in [0.3, 0.4) is 0 Å². The van der Waals surface area contributed by atoms with E-state index in [2.05, 4.69) is 13.8 Å². The summed E-state index contributed by atoms with van der Waals surface area (Å²) in [5, 5.41) is 0. The van der Waals surface area contributed by atoms with Gasteiger partial charge in [-0.15, -0.1) is 0 Å². The van der Waals surface area contributed by atoms with E-state index >= 15 is 0 Å². The van der Waals surface area contributed by atoms with Crippen molar-refractivity contribution in [3.63, 3.8) is 0 Å². The van der Waals surface area contributed by atoms with Crippen LogP contribution >= 0.6 is 0 Å². The van der Waals surface area contributed by atoms with Crippen LogP contribution in [0.5, 0.6) is 0 Å². The van der Waals surface area contributed by atoms with Crippen molar-refractivity contribution in [3.05, 3.63) is 0 Å². The van der Waals surface area contributed by atoms with Crippen LogP contribution in [0.25, 0.3) is 0 Å². The van der Waals surface area contributed by atoms with Crippen LogP contribution in [0.1, 0.15) is 72.6 Å². The molecule has 0 spiro atoms. The maximum atomic E-state index is 11.9. The Morgan fingerprint density at radius 2 is 1.35 bits per heavy atom. The Balaban J connectivity index is 3.95. The second-order valence-electron chi connectivity index (χ2n) is 5.83. The second-order valence-corrected chi connectivity index (χ2v) is 5.83. The summed E-state index contributed by atoms with van der Waals surface area (Å²) < 4.78 is 10.3. The monoisotopic (exact) mass is 286 g/mol. The average Bonchev–Trinajstić information content (AvgIpc) is 2.39. The lowest BCUT2D eigenvalue weighted by Gasteiger charge is -2.21. The van der Waals surface area contributed by atoms with E-state index in [4.69, 9.17) is 9.47 Å². The summed E-state index contributed by atoms with van der Waals surface area (Å²) >= 11 is 0. The predicted octanol–water partition coefficient (Wildman–Crippen LogP) is 3.87. The van der Waals surface area contributed by atoms with Crippen molar-refractivity contribution < 1.29 is 19.1 Å². The highest BCUT2D eigenvalue weighted by molar-refractivity contribution is 5.82. The van der Waals surface area contributed by atoms with Gasteiger partial charge < -0.3 is 9.47 Å². The molecule has 0 rings (SSSR count). The minimum Gasteiger partial charge on any atom is -0.466 e. The van der Waals surface area contributed by atoms with E-state index in [0.717, 1.165) is 38.5 Å². The third kappa shape index (κ3) is 8.94. The average molecular weight is 286 g/mol. The first-order valence-electron chi connectivity index (χ1n) is 7.77. The molecular weight excluding hydrogens is 256 g/mol. The maximum absolute atomic E-state index is 11.9. The molecule has 0 amide bonds. The standard InChI is InChI=1S/C16H30O4/c1-5-7-9-11-19-14(17)13-16(3,4)15(18)20-12-10-8-6-2/h5-13H2,1-4H3. The molecule has 4 heteroatoms. The van der Waals surface area contributed by atoms with E-state index in [-0.39, 0.29) is 18.4 Å². The molecule has 0 aliphatic rings. The first kappa shape index (κ1) is 18.9. The summed E-state index contributed by atoms with van der Waals surface area (Å²) in [6, 6.07) is 0. The van der Waals surface area contributed by atoms with E-state index in [1.807, 2.05) is 0 Å². The summed E-state index contributed by atoms with van der Waals surface area (Å²) in [6.45, 7) is 8.51. The van der Waals surface area contributed by atoms with Crippen molar-refractivity contribution in [1.82, 2.24) is 0 Å². The molecule has 0 saturated heterocycles. The van der Waals surface area contributed by atoms with Crippen molar-refractivity contribution in [2.24, 2.45) is 5.41 Å². The Labute approximate surface area is 123 Å². The van der Waals surface area contributed by atoms with E-state index in [9.17, 15) is 9.59 Å². The zero-order chi connectivity index (χ0) is 15.4. The van der Waals surface area contributed by atoms with Crippen LogP contribution in [-0.4, -0.2) is 25.2 Å². The number of carbonyl (C=O) groups excluding carboxylic acids is 2. The lowest BCUT2D eigenvalue weighted by Crippen LogP contribution is -2.30. The fourth-order valence-electron chi connectivity index (χ4n) is 1.73. The number of ether oxygens (including phenoxy) is 2. The molecule has 0 bridgehead atoms. The minimum absolute atomic E-state index is 0.0751. The smallest absolute Gasteiger partial charge is 0.312 e. The summed E-state index contributed by atoms with van der Waals surface area (Å²) in [5.74, 6) is -0.643. The fourth-order valence-corrected chi connectivity index (χ4v) is 1.73. The number of hydrogen-bond acceptors (Lipinski definition) is 4. The van der Waals surface area contributed by atoms with Gasteiger partial charge in [0.05, 0.1) is 25.0 Å². The van der Waals surface area contributed by atoms with Gasteiger partial charge in [-0.1, -0.05) is 39.5 Å². The number of unbranched alkanes of at least 4 members (excludes halogenated alkanes) is 4. The third-order valence-electron chi connectivity index (χ3n) is 3.13. The molecule has 0 radical (unpaired) electrons. The predicted molar refractivity (Wildman–Crippen MR) is 79.4 cm³/mol. The number of hydrogen-bond donors (Lipinski definition) is 0. The first-order chi connectivity index (χ1) is 9.44. The number of carbonyl (C=O) groups is 2. The normalized spacial score (nSPS) is 11.2. The molecule has 0 N–H and O–H groups in total. The van der Waals surface area contributed by atoms with Gasteiger partial charge in [0, 0.05) is 0 Å². The van der Waals surface area contributed by atoms with Gasteiger partial charge in [-0.25, -0.2) is 0 Å². The highest BCUT2D eigenvalue weighted by atomic mass is 16.5. The number of esters is 2. The molecule has 0 heterocycles. The largest absolute Gasteiger partial charge is 0.466 e. The van der Waals surface area contributed by atoms with Crippen LogP contribution in [0.2, 0.25) is 0 Å². The highest BCUT2D eigenvalue weighted by Gasteiger charge is 2.32. The third-order valence-corrected chi connectivity index (χ3v) is 3.13. The SMILES string of the molecule is CCCCCOC(=O)CC(C)(C)C(=O)OCCCCC. The molecule has 0 aliphatic heterocycles. The van der Waals surface area contributed by atoms with Gasteiger partial charge in [0.1, 0.15) is 0 Å². The summed E-state index contributed by atoms with van der Waals surface area (Å²) in [5.41, 5.74) is -0.811. The van der Waals surface area contributed by atoms with Crippen molar-refractivity contribution in [1.29, 1.82) is 0 Å². The molecule has 0 saturated carbocycles. The van der Waals surface area contributed by atoms with Crippen LogP contribution < -0.4 is 0 Å². The van der Waals surface area contributed by atoms with Crippen LogP contribution in [0, 0.1) is 5.41 Å². The Bertz CT molecular complexity index is 284. The zero-order valence-electron chi connectivity index (χ0n) is 13.5. The summed E-state index contributed by atoms with van der Waals surface area (Å²) in [7, 11) is 0. The Morgan fingerprint density at radius 3 is 1.85 bits per heavy atom. The number of rotatable bonds is 11. The lowest BCUT2D eigenvalue weighted by atomic mass is 9.89. The van der Waals surface area contributed by atoms with E-state index in [0.29, 0.717) is 13.2 Å². The van der Waals surface area contributed by atoms with Crippen molar-refractivity contribution in [2.75, 3.05) is 13.2 Å². The molecule has 0 aromatic carbocycles. The van der Waals surface area contributed by atoms with Gasteiger partial charge in [0.15, 0.2) is 0 Å². The van der Waals surface area contributed by atoms with Crippen molar-refractivity contribution in [3.8, 4) is 0 Å². The summed E-state index contributed by atoms with van der Waals surface area (Å²) in [6.07, 6.45) is 6.11. The first-order valence-corrected chi connectivity index (χ1v) is 7.77. The van der Waals surface area contributed by atoms with Crippen LogP contribution in [-0.2, 0) is 19.1 Å². The molecular formula is C16H30O4. The van der Waals surface area contributed by atoms with E-state index in [1.54, 1.807) is 13.8 Å². The molecule has 0 aliphatic carbocycles. The van der Waals surface area contributed by atoms with Gasteiger partial charge in [0.2, 0.25) is 0 Å². The summed E-state index contributed by atoms with van der Waals surface area (Å²) in [4.78, 5) is 23.6. The quantitative estimate of drug-likeness (QED) is 0.427. The Kier molecular flexibility index (Phi) is 10.1. The zero-order valence-corrected chi connectivity index (χ0v) is 13.5. The Morgan fingerprint density at radius 1 is 0.850 bits per heavy atom. The van der Waals surface area contributed by atoms with Crippen LogP contribution in [0.15, 0.2) is 0 Å². The van der Waals surface area contributed by atoms with Gasteiger partial charge in [-0.2, -0.15) is 0 Å². The molecule has 0 atom stereocenters. The topological polar surface area (TPSA) is 52.6 Å².